The third kappa shape index (κ3) is 4.15. The van der Waals surface area contributed by atoms with Gasteiger partial charge in [0.2, 0.25) is 0 Å². The molecule has 0 radical (unpaired) electrons. The smallest absolute Gasteiger partial charge is 0.322 e. The maximum atomic E-state index is 12.8. The van der Waals surface area contributed by atoms with Crippen molar-refractivity contribution in [2.75, 3.05) is 26.2 Å². The van der Waals surface area contributed by atoms with Gasteiger partial charge in [0.05, 0.1) is 10.8 Å². The fourth-order valence-corrected chi connectivity index (χ4v) is 11.2. The molecule has 40 heavy (non-hydrogen) atoms. The van der Waals surface area contributed by atoms with E-state index in [2.05, 4.69) is 30.6 Å². The molecule has 4 aliphatic rings. The minimum atomic E-state index is -0.803. The Bertz CT molecular complexity index is 1070. The first-order chi connectivity index (χ1) is 18.9. The van der Waals surface area contributed by atoms with E-state index < -0.39 is 34.9 Å². The molecule has 0 aliphatic heterocycles. The van der Waals surface area contributed by atoms with Crippen LogP contribution in [0.5, 0.6) is 0 Å². The Morgan fingerprint density at radius 3 is 1.88 bits per heavy atom. The van der Waals surface area contributed by atoms with Gasteiger partial charge in [-0.05, 0) is 112 Å². The Kier molecular flexibility index (Phi) is 8.50. The normalized spacial score (nSPS) is 41.9. The standard InChI is InChI=1S/C34H52N2O4/c1-9-33(27(29(37)38)35(11-3)12-4)21-23-15-16-24-25(31(23,7)22-33)17-19-32(8)26(24)18-20-34(32,10-2)28(30(39)40)36(13-5)14-6/h1-2,23-28H,11-22H2,3-8H3,(H,37,38)(H,39,40)/t23?,24?,25?,26?,27-,28-,31?,32?,33?,34?/m1/s1. The highest BCUT2D eigenvalue weighted by Gasteiger charge is 2.70. The molecule has 0 heterocycles. The average Bonchev–Trinajstić information content (AvgIpc) is 3.41. The fraction of sp³-hybridized carbons (Fsp3) is 0.824. The zero-order valence-electron chi connectivity index (χ0n) is 25.7. The lowest BCUT2D eigenvalue weighted by Gasteiger charge is -2.60. The second kappa shape index (κ2) is 11.0. The van der Waals surface area contributed by atoms with Crippen molar-refractivity contribution in [1.29, 1.82) is 0 Å². The van der Waals surface area contributed by atoms with Crippen LogP contribution in [-0.4, -0.2) is 70.2 Å². The van der Waals surface area contributed by atoms with E-state index in [-0.39, 0.29) is 10.8 Å². The molecule has 10 atom stereocenters. The lowest BCUT2D eigenvalue weighted by atomic mass is 9.45. The third-order valence-electron chi connectivity index (χ3n) is 13.0. The van der Waals surface area contributed by atoms with Crippen LogP contribution in [0.1, 0.15) is 92.9 Å². The van der Waals surface area contributed by atoms with Crippen LogP contribution in [0.4, 0.5) is 0 Å². The van der Waals surface area contributed by atoms with Crippen LogP contribution in [0, 0.1) is 70.0 Å². The molecule has 4 fully saturated rings. The van der Waals surface area contributed by atoms with Crippen molar-refractivity contribution in [2.24, 2.45) is 45.3 Å². The molecule has 0 aromatic rings. The highest BCUT2D eigenvalue weighted by atomic mass is 16.4. The summed E-state index contributed by atoms with van der Waals surface area (Å²) in [6.07, 6.45) is 20.0. The molecule has 0 aromatic carbocycles. The average molecular weight is 553 g/mol. The number of terminal acetylenes is 2. The van der Waals surface area contributed by atoms with Crippen molar-refractivity contribution in [2.45, 2.75) is 105 Å². The van der Waals surface area contributed by atoms with Gasteiger partial charge < -0.3 is 10.2 Å². The molecule has 6 nitrogen and oxygen atoms in total. The summed E-state index contributed by atoms with van der Waals surface area (Å²) in [4.78, 5) is 29.6. The second-order valence-corrected chi connectivity index (χ2v) is 13.9. The number of likely N-dealkylation sites (N-methyl/N-ethyl adjacent to an activating group) is 2. The molecule has 8 unspecified atom stereocenters. The van der Waals surface area contributed by atoms with Crippen molar-refractivity contribution in [3.8, 4) is 24.7 Å². The molecular formula is C34H52N2O4. The topological polar surface area (TPSA) is 81.1 Å². The van der Waals surface area contributed by atoms with Crippen LogP contribution < -0.4 is 0 Å². The minimum Gasteiger partial charge on any atom is -0.480 e. The molecular weight excluding hydrogens is 500 g/mol. The van der Waals surface area contributed by atoms with E-state index in [1.807, 2.05) is 32.6 Å². The molecule has 4 saturated carbocycles. The van der Waals surface area contributed by atoms with E-state index in [1.165, 1.54) is 0 Å². The highest BCUT2D eigenvalue weighted by Crippen LogP contribution is 2.73. The van der Waals surface area contributed by atoms with Crippen LogP contribution in [0.2, 0.25) is 0 Å². The van der Waals surface area contributed by atoms with Gasteiger partial charge in [-0.15, -0.1) is 12.8 Å². The quantitative estimate of drug-likeness (QED) is 0.350. The number of fused-ring (bicyclic) bond motifs is 5. The van der Waals surface area contributed by atoms with E-state index in [0.717, 1.165) is 51.4 Å². The van der Waals surface area contributed by atoms with Crippen LogP contribution >= 0.6 is 0 Å². The summed E-state index contributed by atoms with van der Waals surface area (Å²) in [7, 11) is 0. The molecule has 0 bridgehead atoms. The Morgan fingerprint density at radius 2 is 1.38 bits per heavy atom. The van der Waals surface area contributed by atoms with Gasteiger partial charge >= 0.3 is 11.9 Å². The SMILES string of the molecule is C#CC1([C@@H](C(=O)O)N(CC)CC)CC2CCC3C(CCC4(C)C3CCC4(C#C)[C@@H](C(=O)O)N(CC)CC)C2(C)C1. The summed E-state index contributed by atoms with van der Waals surface area (Å²) in [6, 6.07) is -1.36. The Labute approximate surface area is 242 Å². The fourth-order valence-electron chi connectivity index (χ4n) is 11.2. The van der Waals surface area contributed by atoms with Crippen molar-refractivity contribution in [1.82, 2.24) is 9.80 Å². The van der Waals surface area contributed by atoms with Gasteiger partial charge in [-0.1, -0.05) is 53.4 Å². The zero-order chi connectivity index (χ0) is 29.7. The van der Waals surface area contributed by atoms with Gasteiger partial charge in [-0.2, -0.15) is 0 Å². The number of carboxylic acids is 2. The minimum absolute atomic E-state index is 0.0239. The van der Waals surface area contributed by atoms with Gasteiger partial charge in [0, 0.05) is 0 Å². The van der Waals surface area contributed by atoms with Gasteiger partial charge in [0.1, 0.15) is 12.1 Å². The maximum Gasteiger partial charge on any atom is 0.322 e. The summed E-state index contributed by atoms with van der Waals surface area (Å²) in [5.74, 6) is 6.35. The molecule has 0 spiro atoms. The van der Waals surface area contributed by atoms with Crippen molar-refractivity contribution in [3.63, 3.8) is 0 Å². The predicted octanol–water partition coefficient (Wildman–Crippen LogP) is 5.47. The molecule has 4 aliphatic carbocycles. The molecule has 0 aromatic heterocycles. The van der Waals surface area contributed by atoms with E-state index in [4.69, 9.17) is 12.8 Å². The second-order valence-electron chi connectivity index (χ2n) is 13.9. The molecule has 222 valence electrons. The first-order valence-electron chi connectivity index (χ1n) is 15.8. The van der Waals surface area contributed by atoms with Crippen LogP contribution in [0.15, 0.2) is 0 Å². The summed E-state index contributed by atoms with van der Waals surface area (Å²) in [5, 5.41) is 21.0. The molecule has 2 N–H and O–H groups in total. The van der Waals surface area contributed by atoms with Gasteiger partial charge in [0.25, 0.3) is 0 Å². The monoisotopic (exact) mass is 552 g/mol. The third-order valence-corrected chi connectivity index (χ3v) is 13.0. The number of carboxylic acid groups (broad SMARTS) is 2. The summed E-state index contributed by atoms with van der Waals surface area (Å²) < 4.78 is 0. The predicted molar refractivity (Wildman–Crippen MR) is 158 cm³/mol. The van der Waals surface area contributed by atoms with E-state index >= 15 is 0 Å². The molecule has 4 rings (SSSR count). The van der Waals surface area contributed by atoms with Gasteiger partial charge in [-0.25, -0.2) is 0 Å². The summed E-state index contributed by atoms with van der Waals surface area (Å²) in [6.45, 7) is 15.4. The summed E-state index contributed by atoms with van der Waals surface area (Å²) in [5.41, 5.74) is -1.65. The number of rotatable bonds is 10. The van der Waals surface area contributed by atoms with E-state index in [0.29, 0.717) is 49.9 Å². The lowest BCUT2D eigenvalue weighted by Crippen LogP contribution is -2.60. The van der Waals surface area contributed by atoms with Crippen LogP contribution in [-0.2, 0) is 9.59 Å². The highest BCUT2D eigenvalue weighted by molar-refractivity contribution is 5.76. The van der Waals surface area contributed by atoms with E-state index in [1.54, 1.807) is 0 Å². The Balaban J connectivity index is 1.71. The van der Waals surface area contributed by atoms with Gasteiger partial charge in [0.15, 0.2) is 0 Å². The van der Waals surface area contributed by atoms with Gasteiger partial charge in [-0.3, -0.25) is 19.4 Å². The summed E-state index contributed by atoms with van der Waals surface area (Å²) >= 11 is 0. The Hall–Kier alpha value is -2.02. The van der Waals surface area contributed by atoms with Crippen molar-refractivity contribution < 1.29 is 19.8 Å². The Morgan fingerprint density at radius 1 is 0.825 bits per heavy atom. The number of carbonyl (C=O) groups is 2. The number of nitrogens with zero attached hydrogens (tertiary/aromatic N) is 2. The molecule has 0 saturated heterocycles. The molecule has 6 heteroatoms. The number of aliphatic carboxylic acids is 2. The lowest BCUT2D eigenvalue weighted by molar-refractivity contribution is -0.156. The first kappa shape index (κ1) is 30.9. The van der Waals surface area contributed by atoms with E-state index in [9.17, 15) is 19.8 Å². The van der Waals surface area contributed by atoms with Crippen LogP contribution in [0.25, 0.3) is 0 Å². The van der Waals surface area contributed by atoms with Crippen molar-refractivity contribution >= 4 is 11.9 Å². The largest absolute Gasteiger partial charge is 0.480 e. The molecule has 0 amide bonds. The van der Waals surface area contributed by atoms with Crippen LogP contribution in [0.3, 0.4) is 0 Å². The number of hydrogen-bond acceptors (Lipinski definition) is 4. The van der Waals surface area contributed by atoms with Crippen molar-refractivity contribution in [3.05, 3.63) is 0 Å². The zero-order valence-corrected chi connectivity index (χ0v) is 25.7. The maximum absolute atomic E-state index is 12.8. The number of hydrogen-bond donors (Lipinski definition) is 2. The first-order valence-corrected chi connectivity index (χ1v) is 15.8.